The summed E-state index contributed by atoms with van der Waals surface area (Å²) in [5.41, 5.74) is 2.68. The van der Waals surface area contributed by atoms with Crippen molar-refractivity contribution in [2.45, 2.75) is 37.5 Å². The van der Waals surface area contributed by atoms with Crippen molar-refractivity contribution in [1.29, 1.82) is 0 Å². The third-order valence-corrected chi connectivity index (χ3v) is 10.1. The van der Waals surface area contributed by atoms with Crippen LogP contribution in [-0.2, 0) is 10.0 Å². The van der Waals surface area contributed by atoms with Crippen molar-refractivity contribution in [3.05, 3.63) is 71.3 Å². The molecule has 1 fully saturated rings. The van der Waals surface area contributed by atoms with Crippen LogP contribution in [0.1, 0.15) is 47.2 Å². The summed E-state index contributed by atoms with van der Waals surface area (Å²) < 4.78 is 45.3. The molecule has 1 amide bonds. The lowest BCUT2D eigenvalue weighted by Crippen LogP contribution is -2.32. The van der Waals surface area contributed by atoms with Crippen molar-refractivity contribution in [2.24, 2.45) is 5.10 Å². The van der Waals surface area contributed by atoms with Crippen LogP contribution in [0.3, 0.4) is 0 Å². The predicted octanol–water partition coefficient (Wildman–Crippen LogP) is 5.88. The number of sulfonamides is 1. The fourth-order valence-corrected chi connectivity index (χ4v) is 7.46. The number of methoxy groups -OCH3 is 3. The van der Waals surface area contributed by atoms with Crippen molar-refractivity contribution < 1.29 is 27.4 Å². The quantitative estimate of drug-likeness (QED) is 0.169. The molecule has 1 aliphatic rings. The summed E-state index contributed by atoms with van der Waals surface area (Å²) in [5.74, 6) is 0.862. The van der Waals surface area contributed by atoms with Gasteiger partial charge in [0.15, 0.2) is 11.5 Å². The first-order valence-electron chi connectivity index (χ1n) is 13.9. The molecule has 0 N–H and O–H groups in total. The molecule has 1 aromatic heterocycles. The van der Waals surface area contributed by atoms with E-state index in [9.17, 15) is 13.2 Å². The number of anilines is 1. The Morgan fingerprint density at radius 2 is 1.58 bits per heavy atom. The number of nitrogens with zero attached hydrogens (tertiary/aromatic N) is 4. The van der Waals surface area contributed by atoms with Crippen LogP contribution in [0.4, 0.5) is 5.13 Å². The minimum atomic E-state index is -3.65. The number of hydrogen-bond donors (Lipinski definition) is 0. The lowest BCUT2D eigenvalue weighted by Gasteiger charge is -2.20. The van der Waals surface area contributed by atoms with Crippen LogP contribution in [0.15, 0.2) is 64.6 Å². The molecule has 0 spiro atoms. The Kier molecular flexibility index (Phi) is 9.28. The number of aromatic nitrogens is 1. The zero-order valence-electron chi connectivity index (χ0n) is 24.6. The second-order valence-electron chi connectivity index (χ2n) is 10.1. The minimum absolute atomic E-state index is 0.161. The largest absolute Gasteiger partial charge is 0.493 e. The molecule has 0 bridgehead atoms. The molecular weight excluding hydrogens is 588 g/mol. The highest BCUT2D eigenvalue weighted by molar-refractivity contribution is 7.89. The highest BCUT2D eigenvalue weighted by Gasteiger charge is 2.27. The van der Waals surface area contributed by atoms with Crippen LogP contribution in [0, 0.1) is 6.92 Å². The van der Waals surface area contributed by atoms with Crippen LogP contribution in [0.25, 0.3) is 10.2 Å². The molecule has 0 atom stereocenters. The van der Waals surface area contributed by atoms with E-state index in [-0.39, 0.29) is 10.5 Å². The van der Waals surface area contributed by atoms with Crippen LogP contribution in [0.5, 0.6) is 17.2 Å². The van der Waals surface area contributed by atoms with E-state index < -0.39 is 15.9 Å². The Balaban J connectivity index is 1.51. The first-order chi connectivity index (χ1) is 20.7. The molecule has 0 aliphatic carbocycles. The Bertz CT molecular complexity index is 1720. The molecule has 0 unspecified atom stereocenters. The van der Waals surface area contributed by atoms with Gasteiger partial charge in [0.2, 0.25) is 20.9 Å². The maximum absolute atomic E-state index is 13.9. The van der Waals surface area contributed by atoms with Gasteiger partial charge in [-0.3, -0.25) is 4.79 Å². The Hall–Kier alpha value is -4.00. The first kappa shape index (κ1) is 30.5. The molecule has 2 heterocycles. The number of aryl methyl sites for hydroxylation is 1. The number of hydrogen-bond acceptors (Lipinski definition) is 9. The molecule has 0 saturated carbocycles. The third-order valence-electron chi connectivity index (χ3n) is 7.22. The SMILES string of the molecule is COc1cc(/C=N/N(C(=O)c2ccc(S(=O)(=O)N3CCCCCC3)cc2)c2nc3ccc(C)cc3s2)cc(OC)c1OC. The van der Waals surface area contributed by atoms with E-state index in [1.807, 2.05) is 25.1 Å². The van der Waals surface area contributed by atoms with Gasteiger partial charge in [-0.25, -0.2) is 13.4 Å². The van der Waals surface area contributed by atoms with Crippen LogP contribution < -0.4 is 19.2 Å². The number of benzene rings is 3. The number of hydrazone groups is 1. The van der Waals surface area contributed by atoms with Gasteiger partial charge in [0.25, 0.3) is 5.91 Å². The Labute approximate surface area is 255 Å². The Morgan fingerprint density at radius 3 is 2.19 bits per heavy atom. The van der Waals surface area contributed by atoms with Crippen LogP contribution in [-0.4, -0.2) is 64.2 Å². The van der Waals surface area contributed by atoms with E-state index in [1.54, 1.807) is 12.1 Å². The highest BCUT2D eigenvalue weighted by Crippen LogP contribution is 2.38. The molecular formula is C31H34N4O6S2. The monoisotopic (exact) mass is 622 g/mol. The van der Waals surface area contributed by atoms with Crippen molar-refractivity contribution in [3.8, 4) is 17.2 Å². The van der Waals surface area contributed by atoms with Gasteiger partial charge in [-0.15, -0.1) is 0 Å². The average Bonchev–Trinajstić information content (AvgIpc) is 3.22. The molecule has 12 heteroatoms. The van der Waals surface area contributed by atoms with Gasteiger partial charge in [0.1, 0.15) is 0 Å². The fraction of sp³-hybridized carbons (Fsp3) is 0.323. The zero-order chi connectivity index (χ0) is 30.6. The smallest absolute Gasteiger partial charge is 0.280 e. The maximum Gasteiger partial charge on any atom is 0.280 e. The average molecular weight is 623 g/mol. The van der Waals surface area contributed by atoms with Crippen molar-refractivity contribution in [2.75, 3.05) is 39.4 Å². The van der Waals surface area contributed by atoms with Gasteiger partial charge < -0.3 is 14.2 Å². The number of fused-ring (bicyclic) bond motifs is 1. The summed E-state index contributed by atoms with van der Waals surface area (Å²) in [6.45, 7) is 3.00. The third kappa shape index (κ3) is 6.51. The standard InChI is InChI=1S/C31H34N4O6S2/c1-21-9-14-25-28(17-21)42-31(33-25)35(32-20-22-18-26(39-2)29(41-4)27(19-22)40-3)30(36)23-10-12-24(13-11-23)43(37,38)34-15-7-5-6-8-16-34/h9-14,17-20H,5-8,15-16H2,1-4H3/b32-20+. The number of carbonyl (C=O) groups is 1. The highest BCUT2D eigenvalue weighted by atomic mass is 32.2. The van der Waals surface area contributed by atoms with Crippen LogP contribution >= 0.6 is 11.3 Å². The summed E-state index contributed by atoms with van der Waals surface area (Å²) in [7, 11) is 0.913. The number of amides is 1. The molecule has 3 aromatic carbocycles. The van der Waals surface area contributed by atoms with Gasteiger partial charge in [-0.1, -0.05) is 30.2 Å². The number of rotatable bonds is 9. The molecule has 5 rings (SSSR count). The van der Waals surface area contributed by atoms with E-state index in [0.29, 0.717) is 41.0 Å². The van der Waals surface area contributed by atoms with E-state index in [2.05, 4.69) is 10.1 Å². The van der Waals surface area contributed by atoms with Crippen molar-refractivity contribution in [3.63, 3.8) is 0 Å². The summed E-state index contributed by atoms with van der Waals surface area (Å²) >= 11 is 1.34. The second kappa shape index (κ2) is 13.1. The van der Waals surface area contributed by atoms with Gasteiger partial charge in [-0.05, 0) is 73.9 Å². The lowest BCUT2D eigenvalue weighted by molar-refractivity contribution is 0.0987. The molecule has 1 aliphatic heterocycles. The topological polar surface area (TPSA) is 111 Å². The summed E-state index contributed by atoms with van der Waals surface area (Å²) in [4.78, 5) is 18.7. The van der Waals surface area contributed by atoms with E-state index >= 15 is 0 Å². The van der Waals surface area contributed by atoms with Crippen molar-refractivity contribution in [1.82, 2.24) is 9.29 Å². The molecule has 10 nitrogen and oxygen atoms in total. The second-order valence-corrected chi connectivity index (χ2v) is 13.1. The Morgan fingerprint density at radius 1 is 0.930 bits per heavy atom. The fourth-order valence-electron chi connectivity index (χ4n) is 4.92. The normalized spacial score (nSPS) is 14.5. The molecule has 0 radical (unpaired) electrons. The number of carbonyl (C=O) groups excluding carboxylic acids is 1. The lowest BCUT2D eigenvalue weighted by atomic mass is 10.2. The van der Waals surface area contributed by atoms with Gasteiger partial charge in [0, 0.05) is 24.2 Å². The predicted molar refractivity (Wildman–Crippen MR) is 169 cm³/mol. The molecule has 4 aromatic rings. The van der Waals surface area contributed by atoms with E-state index in [0.717, 1.165) is 41.5 Å². The van der Waals surface area contributed by atoms with Gasteiger partial charge in [-0.2, -0.15) is 14.4 Å². The first-order valence-corrected chi connectivity index (χ1v) is 16.2. The molecule has 226 valence electrons. The molecule has 1 saturated heterocycles. The van der Waals surface area contributed by atoms with Crippen LogP contribution in [0.2, 0.25) is 0 Å². The number of ether oxygens (including phenoxy) is 3. The molecule has 43 heavy (non-hydrogen) atoms. The summed E-state index contributed by atoms with van der Waals surface area (Å²) in [6, 6.07) is 15.3. The zero-order valence-corrected chi connectivity index (χ0v) is 26.2. The van der Waals surface area contributed by atoms with E-state index in [1.165, 1.54) is 72.5 Å². The van der Waals surface area contributed by atoms with Gasteiger partial charge >= 0.3 is 0 Å². The van der Waals surface area contributed by atoms with Crippen molar-refractivity contribution >= 4 is 48.8 Å². The maximum atomic E-state index is 13.9. The minimum Gasteiger partial charge on any atom is -0.493 e. The summed E-state index contributed by atoms with van der Waals surface area (Å²) in [5, 5.41) is 6.14. The number of thiazole rings is 1. The van der Waals surface area contributed by atoms with E-state index in [4.69, 9.17) is 14.2 Å². The van der Waals surface area contributed by atoms with Gasteiger partial charge in [0.05, 0.1) is 42.7 Å². The summed E-state index contributed by atoms with van der Waals surface area (Å²) in [6.07, 6.45) is 5.25.